The van der Waals surface area contributed by atoms with Gasteiger partial charge in [0.1, 0.15) is 12.4 Å². The molecule has 0 spiro atoms. The van der Waals surface area contributed by atoms with Crippen molar-refractivity contribution in [3.05, 3.63) is 53.6 Å². The Kier molecular flexibility index (Phi) is 4.53. The zero-order chi connectivity index (χ0) is 15.5. The van der Waals surface area contributed by atoms with E-state index >= 15 is 0 Å². The number of nitrogens with two attached hydrogens (primary N) is 1. The van der Waals surface area contributed by atoms with Gasteiger partial charge in [0.2, 0.25) is 0 Å². The highest BCUT2D eigenvalue weighted by Gasteiger charge is 2.33. The largest absolute Gasteiger partial charge is 0.492 e. The molecule has 112 valence electrons. The first-order valence-electron chi connectivity index (χ1n) is 6.53. The Bertz CT molecular complexity index is 623. The minimum atomic E-state index is -4.38. The van der Waals surface area contributed by atoms with E-state index in [1.807, 2.05) is 0 Å². The summed E-state index contributed by atoms with van der Waals surface area (Å²) in [4.78, 5) is 0. The highest BCUT2D eigenvalue weighted by atomic mass is 19.4. The Morgan fingerprint density at radius 2 is 1.76 bits per heavy atom. The van der Waals surface area contributed by atoms with Crippen molar-refractivity contribution in [2.45, 2.75) is 13.1 Å². The van der Waals surface area contributed by atoms with Crippen molar-refractivity contribution in [3.63, 3.8) is 0 Å². The molecule has 0 saturated carbocycles. The number of halogens is 3. The van der Waals surface area contributed by atoms with Crippen LogP contribution in [0.2, 0.25) is 0 Å². The molecule has 0 heterocycles. The second kappa shape index (κ2) is 6.18. The quantitative estimate of drug-likeness (QED) is 0.924. The predicted octanol–water partition coefficient (Wildman–Crippen LogP) is 4.02. The van der Waals surface area contributed by atoms with Crippen LogP contribution in [0, 0.1) is 6.92 Å². The Morgan fingerprint density at radius 3 is 2.38 bits per heavy atom. The van der Waals surface area contributed by atoms with E-state index in [9.17, 15) is 13.2 Å². The van der Waals surface area contributed by atoms with Crippen molar-refractivity contribution >= 4 is 0 Å². The molecule has 0 aliphatic carbocycles. The molecule has 0 amide bonds. The van der Waals surface area contributed by atoms with Crippen molar-refractivity contribution in [1.82, 2.24) is 0 Å². The van der Waals surface area contributed by atoms with Crippen LogP contribution in [0.1, 0.15) is 11.1 Å². The molecule has 0 radical (unpaired) electrons. The standard InChI is InChI=1S/C16H16F3NO/c1-11-10-12(21-9-8-20)6-7-13(11)14-4-2-3-5-15(14)16(17,18)19/h2-7,10H,8-9,20H2,1H3. The van der Waals surface area contributed by atoms with Crippen LogP contribution in [-0.2, 0) is 6.18 Å². The molecule has 0 saturated heterocycles. The zero-order valence-electron chi connectivity index (χ0n) is 11.6. The lowest BCUT2D eigenvalue weighted by Crippen LogP contribution is -2.10. The van der Waals surface area contributed by atoms with Gasteiger partial charge >= 0.3 is 6.18 Å². The van der Waals surface area contributed by atoms with Gasteiger partial charge in [0.05, 0.1) is 5.56 Å². The molecule has 0 unspecified atom stereocenters. The number of aryl methyl sites for hydroxylation is 1. The lowest BCUT2D eigenvalue weighted by atomic mass is 9.95. The number of hydrogen-bond acceptors (Lipinski definition) is 2. The van der Waals surface area contributed by atoms with Gasteiger partial charge in [-0.25, -0.2) is 0 Å². The van der Waals surface area contributed by atoms with Crippen LogP contribution in [0.3, 0.4) is 0 Å². The summed E-state index contributed by atoms with van der Waals surface area (Å²) in [6.45, 7) is 2.52. The molecule has 0 aliphatic heterocycles. The zero-order valence-corrected chi connectivity index (χ0v) is 11.6. The molecule has 21 heavy (non-hydrogen) atoms. The van der Waals surface area contributed by atoms with E-state index in [0.29, 0.717) is 24.5 Å². The summed E-state index contributed by atoms with van der Waals surface area (Å²) < 4.78 is 44.6. The second-order valence-corrected chi connectivity index (χ2v) is 4.66. The molecular formula is C16H16F3NO. The van der Waals surface area contributed by atoms with Crippen molar-refractivity contribution in [2.24, 2.45) is 5.73 Å². The van der Waals surface area contributed by atoms with Gasteiger partial charge in [-0.05, 0) is 41.8 Å². The summed E-state index contributed by atoms with van der Waals surface area (Å²) in [5, 5.41) is 0. The maximum absolute atomic E-state index is 13.1. The monoisotopic (exact) mass is 295 g/mol. The third kappa shape index (κ3) is 3.55. The van der Waals surface area contributed by atoms with E-state index in [4.69, 9.17) is 10.5 Å². The molecule has 0 aliphatic rings. The van der Waals surface area contributed by atoms with Gasteiger partial charge in [0, 0.05) is 6.54 Å². The van der Waals surface area contributed by atoms with Crippen LogP contribution in [0.25, 0.3) is 11.1 Å². The topological polar surface area (TPSA) is 35.2 Å². The Morgan fingerprint density at radius 1 is 1.05 bits per heavy atom. The van der Waals surface area contributed by atoms with Gasteiger partial charge in [-0.15, -0.1) is 0 Å². The Hall–Kier alpha value is -2.01. The van der Waals surface area contributed by atoms with Gasteiger partial charge in [0.15, 0.2) is 0 Å². The third-order valence-electron chi connectivity index (χ3n) is 3.11. The SMILES string of the molecule is Cc1cc(OCCN)ccc1-c1ccccc1C(F)(F)F. The first kappa shape index (κ1) is 15.4. The second-order valence-electron chi connectivity index (χ2n) is 4.66. The predicted molar refractivity (Wildman–Crippen MR) is 76.2 cm³/mol. The number of ether oxygens (including phenoxy) is 1. The fourth-order valence-electron chi connectivity index (χ4n) is 2.17. The van der Waals surface area contributed by atoms with Gasteiger partial charge in [-0.3, -0.25) is 0 Å². The van der Waals surface area contributed by atoms with Crippen LogP contribution >= 0.6 is 0 Å². The number of rotatable bonds is 4. The van der Waals surface area contributed by atoms with Crippen molar-refractivity contribution in [3.8, 4) is 16.9 Å². The van der Waals surface area contributed by atoms with E-state index < -0.39 is 11.7 Å². The summed E-state index contributed by atoms with van der Waals surface area (Å²) in [6, 6.07) is 10.6. The lowest BCUT2D eigenvalue weighted by molar-refractivity contribution is -0.137. The Labute approximate surface area is 121 Å². The molecule has 2 N–H and O–H groups in total. The van der Waals surface area contributed by atoms with Gasteiger partial charge in [0.25, 0.3) is 0 Å². The summed E-state index contributed by atoms with van der Waals surface area (Å²) in [5.41, 5.74) is 6.16. The Balaban J connectivity index is 2.44. The van der Waals surface area contributed by atoms with Gasteiger partial charge < -0.3 is 10.5 Å². The van der Waals surface area contributed by atoms with Crippen molar-refractivity contribution < 1.29 is 17.9 Å². The van der Waals surface area contributed by atoms with E-state index in [2.05, 4.69) is 0 Å². The molecule has 0 fully saturated rings. The average molecular weight is 295 g/mol. The smallest absolute Gasteiger partial charge is 0.417 e. The molecule has 5 heteroatoms. The van der Waals surface area contributed by atoms with Gasteiger partial charge in [-0.1, -0.05) is 24.3 Å². The third-order valence-corrected chi connectivity index (χ3v) is 3.11. The molecule has 0 aromatic heterocycles. The summed E-state index contributed by atoms with van der Waals surface area (Å²) in [5.74, 6) is 0.603. The summed E-state index contributed by atoms with van der Waals surface area (Å²) >= 11 is 0. The van der Waals surface area contributed by atoms with E-state index in [-0.39, 0.29) is 5.56 Å². The fourth-order valence-corrected chi connectivity index (χ4v) is 2.17. The average Bonchev–Trinajstić information content (AvgIpc) is 2.44. The molecule has 0 bridgehead atoms. The fraction of sp³-hybridized carbons (Fsp3) is 0.250. The number of benzene rings is 2. The number of alkyl halides is 3. The molecule has 2 aromatic carbocycles. The van der Waals surface area contributed by atoms with E-state index in [0.717, 1.165) is 11.6 Å². The van der Waals surface area contributed by atoms with Crippen LogP contribution in [0.5, 0.6) is 5.75 Å². The van der Waals surface area contributed by atoms with Crippen LogP contribution in [0.15, 0.2) is 42.5 Å². The minimum Gasteiger partial charge on any atom is -0.492 e. The van der Waals surface area contributed by atoms with Gasteiger partial charge in [-0.2, -0.15) is 13.2 Å². The first-order chi connectivity index (χ1) is 9.93. The van der Waals surface area contributed by atoms with Crippen LogP contribution < -0.4 is 10.5 Å². The van der Waals surface area contributed by atoms with Crippen molar-refractivity contribution in [1.29, 1.82) is 0 Å². The van der Waals surface area contributed by atoms with Crippen molar-refractivity contribution in [2.75, 3.05) is 13.2 Å². The maximum Gasteiger partial charge on any atom is 0.417 e. The number of hydrogen-bond donors (Lipinski definition) is 1. The van der Waals surface area contributed by atoms with Crippen LogP contribution in [-0.4, -0.2) is 13.2 Å². The van der Waals surface area contributed by atoms with Crippen LogP contribution in [0.4, 0.5) is 13.2 Å². The van der Waals surface area contributed by atoms with E-state index in [1.165, 1.54) is 12.1 Å². The minimum absolute atomic E-state index is 0.174. The highest BCUT2D eigenvalue weighted by molar-refractivity contribution is 5.71. The lowest BCUT2D eigenvalue weighted by Gasteiger charge is -2.15. The molecule has 0 atom stereocenters. The molecule has 2 nitrogen and oxygen atoms in total. The summed E-state index contributed by atoms with van der Waals surface area (Å²) in [6.07, 6.45) is -4.38. The summed E-state index contributed by atoms with van der Waals surface area (Å²) in [7, 11) is 0. The molecular weight excluding hydrogens is 279 g/mol. The normalized spacial score (nSPS) is 11.5. The first-order valence-corrected chi connectivity index (χ1v) is 6.53. The molecule has 2 aromatic rings. The maximum atomic E-state index is 13.1. The van der Waals surface area contributed by atoms with E-state index in [1.54, 1.807) is 31.2 Å². The molecule has 2 rings (SSSR count). The highest BCUT2D eigenvalue weighted by Crippen LogP contribution is 2.38.